The third kappa shape index (κ3) is 7.93. The Morgan fingerprint density at radius 2 is 2.12 bits per heavy atom. The zero-order valence-electron chi connectivity index (χ0n) is 15.3. The molecule has 1 aromatic rings. The Labute approximate surface area is 161 Å². The molecule has 2 rings (SSSR count). The fraction of sp³-hybridized carbons (Fsp3) is 0.611. The molecule has 0 unspecified atom stereocenters. The molecule has 8 heteroatoms. The largest absolute Gasteiger partial charge is 0.357 e. The van der Waals surface area contributed by atoms with Crippen molar-refractivity contribution in [1.29, 1.82) is 0 Å². The minimum Gasteiger partial charge on any atom is -0.357 e. The molecule has 1 aromatic carbocycles. The van der Waals surface area contributed by atoms with Gasteiger partial charge in [0, 0.05) is 24.7 Å². The summed E-state index contributed by atoms with van der Waals surface area (Å²) in [6, 6.07) is 7.74. The molecule has 0 atom stereocenters. The standard InChI is InChI=1S/C18H29ClN4O2S/c1-2-20-18(21-10-9-15-5-4-8-17(19)13-15)22-11-12-26(24,25)23-14-16-6-3-7-16/h4-5,8,13,16,23H,2-3,6-7,9-12,14H2,1H3,(H2,20,21,22). The van der Waals surface area contributed by atoms with E-state index in [2.05, 4.69) is 20.3 Å². The van der Waals surface area contributed by atoms with Crippen molar-refractivity contribution in [2.75, 3.05) is 31.9 Å². The van der Waals surface area contributed by atoms with Crippen molar-refractivity contribution in [3.05, 3.63) is 34.9 Å². The number of nitrogens with one attached hydrogen (secondary N) is 3. The third-order valence-corrected chi connectivity index (χ3v) is 5.95. The highest BCUT2D eigenvalue weighted by atomic mass is 35.5. The van der Waals surface area contributed by atoms with Crippen LogP contribution in [0.15, 0.2) is 29.3 Å². The number of hydrogen-bond donors (Lipinski definition) is 3. The highest BCUT2D eigenvalue weighted by Gasteiger charge is 2.19. The Kier molecular flexibility index (Phi) is 8.68. The van der Waals surface area contributed by atoms with Crippen LogP contribution in [0.1, 0.15) is 31.7 Å². The molecule has 0 saturated heterocycles. The number of nitrogens with zero attached hydrogens (tertiary/aromatic N) is 1. The first kappa shape index (κ1) is 21.0. The van der Waals surface area contributed by atoms with Gasteiger partial charge in [-0.05, 0) is 49.8 Å². The van der Waals surface area contributed by atoms with Gasteiger partial charge in [0.2, 0.25) is 10.0 Å². The summed E-state index contributed by atoms with van der Waals surface area (Å²) >= 11 is 5.99. The molecule has 0 aromatic heterocycles. The lowest BCUT2D eigenvalue weighted by molar-refractivity contribution is 0.316. The first-order valence-corrected chi connectivity index (χ1v) is 11.3. The van der Waals surface area contributed by atoms with Crippen LogP contribution in [0.2, 0.25) is 5.02 Å². The van der Waals surface area contributed by atoms with E-state index in [4.69, 9.17) is 11.6 Å². The maximum atomic E-state index is 12.0. The average molecular weight is 401 g/mol. The highest BCUT2D eigenvalue weighted by Crippen LogP contribution is 2.25. The van der Waals surface area contributed by atoms with Gasteiger partial charge < -0.3 is 10.6 Å². The number of guanidine groups is 1. The van der Waals surface area contributed by atoms with Gasteiger partial charge in [0.05, 0.1) is 12.3 Å². The number of benzene rings is 1. The van der Waals surface area contributed by atoms with Crippen molar-refractivity contribution in [3.8, 4) is 0 Å². The van der Waals surface area contributed by atoms with Crippen molar-refractivity contribution in [2.24, 2.45) is 10.9 Å². The molecule has 1 fully saturated rings. The Hall–Kier alpha value is -1.31. The van der Waals surface area contributed by atoms with E-state index in [0.717, 1.165) is 36.4 Å². The Morgan fingerprint density at radius 1 is 1.31 bits per heavy atom. The van der Waals surface area contributed by atoms with Crippen molar-refractivity contribution in [3.63, 3.8) is 0 Å². The van der Waals surface area contributed by atoms with E-state index in [1.165, 1.54) is 6.42 Å². The van der Waals surface area contributed by atoms with E-state index in [1.807, 2.05) is 31.2 Å². The summed E-state index contributed by atoms with van der Waals surface area (Å²) in [5.41, 5.74) is 1.14. The molecule has 0 heterocycles. The van der Waals surface area contributed by atoms with Crippen LogP contribution in [0.3, 0.4) is 0 Å². The van der Waals surface area contributed by atoms with E-state index in [-0.39, 0.29) is 12.3 Å². The first-order chi connectivity index (χ1) is 12.5. The van der Waals surface area contributed by atoms with Crippen LogP contribution in [0.4, 0.5) is 0 Å². The van der Waals surface area contributed by atoms with E-state index in [1.54, 1.807) is 0 Å². The lowest BCUT2D eigenvalue weighted by atomic mass is 9.86. The minimum atomic E-state index is -3.26. The summed E-state index contributed by atoms with van der Waals surface area (Å²) in [6.07, 6.45) is 4.28. The SMILES string of the molecule is CCNC(=NCCS(=O)(=O)NCC1CCC1)NCCc1cccc(Cl)c1. The second-order valence-corrected chi connectivity index (χ2v) is 8.89. The van der Waals surface area contributed by atoms with Gasteiger partial charge in [-0.3, -0.25) is 4.99 Å². The summed E-state index contributed by atoms with van der Waals surface area (Å²) in [5, 5.41) is 7.08. The Morgan fingerprint density at radius 3 is 2.77 bits per heavy atom. The lowest BCUT2D eigenvalue weighted by Gasteiger charge is -2.25. The quantitative estimate of drug-likeness (QED) is 0.415. The molecule has 26 heavy (non-hydrogen) atoms. The summed E-state index contributed by atoms with van der Waals surface area (Å²) < 4.78 is 26.7. The zero-order chi connectivity index (χ0) is 18.8. The number of rotatable bonds is 10. The molecule has 146 valence electrons. The number of hydrogen-bond acceptors (Lipinski definition) is 3. The van der Waals surface area contributed by atoms with E-state index < -0.39 is 10.0 Å². The molecule has 1 aliphatic carbocycles. The van der Waals surface area contributed by atoms with Gasteiger partial charge >= 0.3 is 0 Å². The van der Waals surface area contributed by atoms with E-state index in [9.17, 15) is 8.42 Å². The Balaban J connectivity index is 1.74. The first-order valence-electron chi connectivity index (χ1n) is 9.22. The maximum absolute atomic E-state index is 12.0. The predicted molar refractivity (Wildman–Crippen MR) is 108 cm³/mol. The second kappa shape index (κ2) is 10.7. The van der Waals surface area contributed by atoms with Gasteiger partial charge in [0.25, 0.3) is 0 Å². The van der Waals surface area contributed by atoms with Crippen LogP contribution in [0.5, 0.6) is 0 Å². The van der Waals surface area contributed by atoms with Crippen molar-refractivity contribution < 1.29 is 8.42 Å². The smallest absolute Gasteiger partial charge is 0.213 e. The van der Waals surface area contributed by atoms with E-state index in [0.29, 0.717) is 25.0 Å². The van der Waals surface area contributed by atoms with Gasteiger partial charge in [-0.1, -0.05) is 30.2 Å². The molecular formula is C18H29ClN4O2S. The molecule has 1 aliphatic rings. The normalized spacial score (nSPS) is 15.5. The van der Waals surface area contributed by atoms with E-state index >= 15 is 0 Å². The van der Waals surface area contributed by atoms with Gasteiger partial charge in [-0.2, -0.15) is 0 Å². The summed E-state index contributed by atoms with van der Waals surface area (Å²) in [7, 11) is -3.26. The van der Waals surface area contributed by atoms with Gasteiger partial charge in [-0.15, -0.1) is 0 Å². The van der Waals surface area contributed by atoms with Crippen LogP contribution in [0.25, 0.3) is 0 Å². The van der Waals surface area contributed by atoms with Crippen molar-refractivity contribution in [2.45, 2.75) is 32.6 Å². The van der Waals surface area contributed by atoms with Crippen LogP contribution in [-0.4, -0.2) is 46.3 Å². The number of sulfonamides is 1. The molecule has 3 N–H and O–H groups in total. The summed E-state index contributed by atoms with van der Waals surface area (Å²) in [6.45, 7) is 4.18. The van der Waals surface area contributed by atoms with Crippen LogP contribution >= 0.6 is 11.6 Å². The number of aliphatic imine (C=N–C) groups is 1. The third-order valence-electron chi connectivity index (χ3n) is 4.39. The van der Waals surface area contributed by atoms with Crippen LogP contribution in [0, 0.1) is 5.92 Å². The fourth-order valence-corrected chi connectivity index (χ4v) is 3.83. The van der Waals surface area contributed by atoms with Crippen molar-refractivity contribution >= 4 is 27.6 Å². The van der Waals surface area contributed by atoms with Gasteiger partial charge in [0.15, 0.2) is 5.96 Å². The molecule has 0 radical (unpaired) electrons. The fourth-order valence-electron chi connectivity index (χ4n) is 2.65. The second-order valence-electron chi connectivity index (χ2n) is 6.53. The lowest BCUT2D eigenvalue weighted by Crippen LogP contribution is -2.39. The van der Waals surface area contributed by atoms with Crippen molar-refractivity contribution in [1.82, 2.24) is 15.4 Å². The molecule has 0 aliphatic heterocycles. The molecule has 0 spiro atoms. The van der Waals surface area contributed by atoms with Gasteiger partial charge in [-0.25, -0.2) is 13.1 Å². The molecule has 1 saturated carbocycles. The summed E-state index contributed by atoms with van der Waals surface area (Å²) in [5.74, 6) is 1.15. The monoisotopic (exact) mass is 400 g/mol. The average Bonchev–Trinajstić information content (AvgIpc) is 2.53. The van der Waals surface area contributed by atoms with Crippen LogP contribution < -0.4 is 15.4 Å². The Bertz CT molecular complexity index is 690. The highest BCUT2D eigenvalue weighted by molar-refractivity contribution is 7.89. The van der Waals surface area contributed by atoms with Crippen LogP contribution in [-0.2, 0) is 16.4 Å². The minimum absolute atomic E-state index is 0.00455. The number of halogens is 1. The molecular weight excluding hydrogens is 372 g/mol. The predicted octanol–water partition coefficient (Wildman–Crippen LogP) is 2.16. The zero-order valence-corrected chi connectivity index (χ0v) is 16.9. The summed E-state index contributed by atoms with van der Waals surface area (Å²) in [4.78, 5) is 4.36. The van der Waals surface area contributed by atoms with Gasteiger partial charge in [0.1, 0.15) is 0 Å². The molecule has 0 amide bonds. The molecule has 0 bridgehead atoms. The maximum Gasteiger partial charge on any atom is 0.213 e. The topological polar surface area (TPSA) is 82.6 Å². The molecule has 6 nitrogen and oxygen atoms in total.